The summed E-state index contributed by atoms with van der Waals surface area (Å²) in [6.07, 6.45) is 0. The molecule has 0 aliphatic carbocycles. The third kappa shape index (κ3) is 3.86. The molecule has 2 rings (SSSR count). The molecule has 1 N–H and O–H groups in total. The highest BCUT2D eigenvalue weighted by atomic mass is 19.2. The van der Waals surface area contributed by atoms with E-state index in [0.717, 1.165) is 18.2 Å². The van der Waals surface area contributed by atoms with Crippen molar-refractivity contribution in [3.63, 3.8) is 0 Å². The van der Waals surface area contributed by atoms with Crippen molar-refractivity contribution in [1.29, 1.82) is 0 Å². The van der Waals surface area contributed by atoms with Gasteiger partial charge >= 0.3 is 5.97 Å². The molecule has 0 aliphatic heterocycles. The van der Waals surface area contributed by atoms with Crippen molar-refractivity contribution in [2.45, 2.75) is 0 Å². The van der Waals surface area contributed by atoms with E-state index < -0.39 is 58.8 Å². The molecule has 0 unspecified atom stereocenters. The SMILES string of the molecule is O=C(COC(=O)c1ccc(F)cc1F)Nc1ccc(F)c(F)c1F. The Morgan fingerprint density at radius 3 is 2.29 bits per heavy atom. The molecule has 0 aromatic heterocycles. The van der Waals surface area contributed by atoms with Crippen molar-refractivity contribution >= 4 is 17.6 Å². The van der Waals surface area contributed by atoms with Gasteiger partial charge in [0.25, 0.3) is 5.91 Å². The number of anilines is 1. The van der Waals surface area contributed by atoms with Gasteiger partial charge in [0.1, 0.15) is 11.6 Å². The van der Waals surface area contributed by atoms with Gasteiger partial charge in [0.05, 0.1) is 11.3 Å². The van der Waals surface area contributed by atoms with Crippen LogP contribution in [0.4, 0.5) is 27.6 Å². The molecule has 0 radical (unpaired) electrons. The van der Waals surface area contributed by atoms with Crippen molar-refractivity contribution in [2.24, 2.45) is 0 Å². The first kappa shape index (κ1) is 17.4. The second kappa shape index (κ2) is 7.07. The Balaban J connectivity index is 1.98. The molecular weight excluding hydrogens is 337 g/mol. The first-order valence-corrected chi connectivity index (χ1v) is 6.35. The van der Waals surface area contributed by atoms with Crippen LogP contribution in [0, 0.1) is 29.1 Å². The average Bonchev–Trinajstić information content (AvgIpc) is 2.53. The quantitative estimate of drug-likeness (QED) is 0.526. The maximum atomic E-state index is 13.4. The van der Waals surface area contributed by atoms with Gasteiger partial charge in [-0.15, -0.1) is 0 Å². The summed E-state index contributed by atoms with van der Waals surface area (Å²) in [7, 11) is 0. The maximum absolute atomic E-state index is 13.4. The zero-order valence-corrected chi connectivity index (χ0v) is 11.7. The molecule has 9 heteroatoms. The third-order valence-electron chi connectivity index (χ3n) is 2.79. The molecule has 0 fully saturated rings. The van der Waals surface area contributed by atoms with Gasteiger partial charge in [-0.2, -0.15) is 0 Å². The Hall–Kier alpha value is -2.97. The van der Waals surface area contributed by atoms with E-state index in [2.05, 4.69) is 4.74 Å². The van der Waals surface area contributed by atoms with Gasteiger partial charge in [-0.25, -0.2) is 26.7 Å². The van der Waals surface area contributed by atoms with Crippen LogP contribution in [0.5, 0.6) is 0 Å². The highest BCUT2D eigenvalue weighted by molar-refractivity contribution is 5.95. The van der Waals surface area contributed by atoms with E-state index in [0.29, 0.717) is 12.1 Å². The van der Waals surface area contributed by atoms with Gasteiger partial charge in [-0.05, 0) is 24.3 Å². The van der Waals surface area contributed by atoms with Crippen LogP contribution in [-0.4, -0.2) is 18.5 Å². The molecule has 0 spiro atoms. The molecule has 126 valence electrons. The zero-order valence-electron chi connectivity index (χ0n) is 11.7. The van der Waals surface area contributed by atoms with Crippen LogP contribution in [0.2, 0.25) is 0 Å². The molecule has 0 bridgehead atoms. The van der Waals surface area contributed by atoms with Gasteiger partial charge in [0, 0.05) is 6.07 Å². The van der Waals surface area contributed by atoms with E-state index in [1.165, 1.54) is 0 Å². The van der Waals surface area contributed by atoms with Crippen LogP contribution < -0.4 is 5.32 Å². The molecule has 2 aromatic rings. The number of carbonyl (C=O) groups excluding carboxylic acids is 2. The molecule has 0 aliphatic rings. The summed E-state index contributed by atoms with van der Waals surface area (Å²) in [5.41, 5.74) is -1.27. The summed E-state index contributed by atoms with van der Waals surface area (Å²) in [6, 6.07) is 3.45. The number of halogens is 5. The monoisotopic (exact) mass is 345 g/mol. The molecule has 0 heterocycles. The number of nitrogens with one attached hydrogen (secondary N) is 1. The van der Waals surface area contributed by atoms with Crippen LogP contribution in [0.1, 0.15) is 10.4 Å². The maximum Gasteiger partial charge on any atom is 0.341 e. The minimum atomic E-state index is -1.78. The Morgan fingerprint density at radius 2 is 1.62 bits per heavy atom. The summed E-state index contributed by atoms with van der Waals surface area (Å²) in [5.74, 6) is -9.27. The Kier molecular flexibility index (Phi) is 5.12. The molecule has 0 saturated carbocycles. The van der Waals surface area contributed by atoms with Crippen LogP contribution >= 0.6 is 0 Å². The fourth-order valence-electron chi connectivity index (χ4n) is 1.67. The molecule has 1 amide bonds. The lowest BCUT2D eigenvalue weighted by atomic mass is 10.2. The van der Waals surface area contributed by atoms with Crippen molar-refractivity contribution in [2.75, 3.05) is 11.9 Å². The fraction of sp³-hybridized carbons (Fsp3) is 0.0667. The van der Waals surface area contributed by atoms with Crippen molar-refractivity contribution in [3.8, 4) is 0 Å². The van der Waals surface area contributed by atoms with Gasteiger partial charge in [0.15, 0.2) is 24.1 Å². The number of esters is 1. The minimum Gasteiger partial charge on any atom is -0.452 e. The van der Waals surface area contributed by atoms with Crippen LogP contribution in [0.15, 0.2) is 30.3 Å². The molecule has 4 nitrogen and oxygen atoms in total. The van der Waals surface area contributed by atoms with Gasteiger partial charge < -0.3 is 10.1 Å². The van der Waals surface area contributed by atoms with Gasteiger partial charge in [0.2, 0.25) is 0 Å². The van der Waals surface area contributed by atoms with E-state index in [9.17, 15) is 31.5 Å². The summed E-state index contributed by atoms with van der Waals surface area (Å²) >= 11 is 0. The lowest BCUT2D eigenvalue weighted by Crippen LogP contribution is -2.22. The number of amides is 1. The smallest absolute Gasteiger partial charge is 0.341 e. The van der Waals surface area contributed by atoms with Crippen molar-refractivity contribution in [3.05, 3.63) is 65.0 Å². The summed E-state index contributed by atoms with van der Waals surface area (Å²) in [4.78, 5) is 23.1. The van der Waals surface area contributed by atoms with Gasteiger partial charge in [-0.3, -0.25) is 4.79 Å². The number of ether oxygens (including phenoxy) is 1. The van der Waals surface area contributed by atoms with Gasteiger partial charge in [-0.1, -0.05) is 0 Å². The van der Waals surface area contributed by atoms with Crippen LogP contribution in [0.3, 0.4) is 0 Å². The molecule has 24 heavy (non-hydrogen) atoms. The lowest BCUT2D eigenvalue weighted by Gasteiger charge is -2.08. The van der Waals surface area contributed by atoms with E-state index in [-0.39, 0.29) is 0 Å². The predicted molar refractivity (Wildman–Crippen MR) is 71.6 cm³/mol. The Bertz CT molecular complexity index is 810. The zero-order chi connectivity index (χ0) is 17.9. The summed E-state index contributed by atoms with van der Waals surface area (Å²) < 4.78 is 69.6. The fourth-order valence-corrected chi connectivity index (χ4v) is 1.67. The standard InChI is InChI=1S/C15H8F5NO3/c16-7-1-2-8(10(18)5-7)15(23)24-6-12(22)21-11-4-3-9(17)13(19)14(11)20/h1-5H,6H2,(H,21,22). The van der Waals surface area contributed by atoms with Crippen LogP contribution in [0.25, 0.3) is 0 Å². The molecular formula is C15H8F5NO3. The first-order chi connectivity index (χ1) is 11.3. The van der Waals surface area contributed by atoms with Crippen molar-refractivity contribution < 1.29 is 36.3 Å². The molecule has 0 atom stereocenters. The second-order valence-corrected chi connectivity index (χ2v) is 4.47. The molecule has 0 saturated heterocycles. The first-order valence-electron chi connectivity index (χ1n) is 6.35. The topological polar surface area (TPSA) is 55.4 Å². The number of benzene rings is 2. The van der Waals surface area contributed by atoms with E-state index in [4.69, 9.17) is 0 Å². The minimum absolute atomic E-state index is 0.452. The number of hydrogen-bond acceptors (Lipinski definition) is 3. The number of rotatable bonds is 4. The highest BCUT2D eigenvalue weighted by Crippen LogP contribution is 2.19. The van der Waals surface area contributed by atoms with Crippen molar-refractivity contribution in [1.82, 2.24) is 0 Å². The number of hydrogen-bond donors (Lipinski definition) is 1. The summed E-state index contributed by atoms with van der Waals surface area (Å²) in [5, 5.41) is 1.86. The lowest BCUT2D eigenvalue weighted by molar-refractivity contribution is -0.119. The average molecular weight is 345 g/mol. The van der Waals surface area contributed by atoms with E-state index in [1.807, 2.05) is 5.32 Å². The van der Waals surface area contributed by atoms with E-state index in [1.54, 1.807) is 0 Å². The third-order valence-corrected chi connectivity index (χ3v) is 2.79. The van der Waals surface area contributed by atoms with Crippen LogP contribution in [-0.2, 0) is 9.53 Å². The number of carbonyl (C=O) groups is 2. The largest absolute Gasteiger partial charge is 0.452 e. The highest BCUT2D eigenvalue weighted by Gasteiger charge is 2.18. The predicted octanol–water partition coefficient (Wildman–Crippen LogP) is 3.18. The summed E-state index contributed by atoms with van der Waals surface area (Å²) in [6.45, 7) is -0.950. The second-order valence-electron chi connectivity index (χ2n) is 4.47. The molecule has 2 aromatic carbocycles. The Labute approximate surface area is 131 Å². The van der Waals surface area contributed by atoms with E-state index >= 15 is 0 Å². The normalized spacial score (nSPS) is 10.4. The Morgan fingerprint density at radius 1 is 0.917 bits per heavy atom.